The van der Waals surface area contributed by atoms with Gasteiger partial charge in [-0.25, -0.2) is 4.79 Å². The van der Waals surface area contributed by atoms with Crippen molar-refractivity contribution in [3.8, 4) is 0 Å². The molecule has 3 aromatic rings. The molecule has 154 valence electrons. The van der Waals surface area contributed by atoms with Crippen LogP contribution in [-0.2, 0) is 14.9 Å². The number of ether oxygens (including phenoxy) is 1. The fourth-order valence-corrected chi connectivity index (χ4v) is 3.04. The van der Waals surface area contributed by atoms with E-state index in [1.54, 1.807) is 43.3 Å². The van der Waals surface area contributed by atoms with Crippen LogP contribution in [0.25, 0.3) is 10.9 Å². The number of amides is 2. The second kappa shape index (κ2) is 8.45. The van der Waals surface area contributed by atoms with E-state index in [1.165, 1.54) is 0 Å². The number of hydrogen-bond donors (Lipinski definition) is 1. The summed E-state index contributed by atoms with van der Waals surface area (Å²) in [6.07, 6.45) is 0. The molecule has 0 unspecified atom stereocenters. The zero-order chi connectivity index (χ0) is 21.9. The van der Waals surface area contributed by atoms with Crippen LogP contribution in [0.1, 0.15) is 52.7 Å². The first kappa shape index (κ1) is 21.2. The fourth-order valence-electron chi connectivity index (χ4n) is 3.04. The second-order valence-corrected chi connectivity index (χ2v) is 8.11. The van der Waals surface area contributed by atoms with E-state index in [0.717, 1.165) is 5.56 Å². The molecule has 0 bridgehead atoms. The molecule has 0 radical (unpaired) electrons. The van der Waals surface area contributed by atoms with Gasteiger partial charge in [0, 0.05) is 16.6 Å². The van der Waals surface area contributed by atoms with Crippen molar-refractivity contribution in [1.82, 2.24) is 10.3 Å². The van der Waals surface area contributed by atoms with Crippen LogP contribution < -0.4 is 5.32 Å². The van der Waals surface area contributed by atoms with Crippen LogP contribution in [-0.4, -0.2) is 29.4 Å². The lowest BCUT2D eigenvalue weighted by molar-refractivity contribution is -0.123. The maximum atomic E-state index is 12.5. The number of carbonyl (C=O) groups excluding carboxylic acids is 3. The summed E-state index contributed by atoms with van der Waals surface area (Å²) in [6.45, 7) is 7.45. The first-order valence-corrected chi connectivity index (χ1v) is 9.63. The average Bonchev–Trinajstić information content (AvgIpc) is 2.70. The van der Waals surface area contributed by atoms with Gasteiger partial charge in [0.1, 0.15) is 0 Å². The normalized spacial score (nSPS) is 11.2. The number of para-hydroxylation sites is 1. The largest absolute Gasteiger partial charge is 0.452 e. The molecule has 0 fully saturated rings. The SMILES string of the molecule is Cc1cc(C(=O)OCC(=O)NC(=O)c2ccc(C(C)(C)C)cc2)c2ccccc2n1. The zero-order valence-corrected chi connectivity index (χ0v) is 17.5. The predicted octanol–water partition coefficient (Wildman–Crippen LogP) is 3.95. The number of aryl methyl sites for hydroxylation is 1. The Balaban J connectivity index is 1.62. The fraction of sp³-hybridized carbons (Fsp3) is 0.250. The van der Waals surface area contributed by atoms with Crippen molar-refractivity contribution in [1.29, 1.82) is 0 Å². The van der Waals surface area contributed by atoms with Crippen molar-refractivity contribution in [2.75, 3.05) is 6.61 Å². The number of rotatable bonds is 4. The summed E-state index contributed by atoms with van der Waals surface area (Å²) in [5, 5.41) is 2.88. The molecule has 2 aromatic carbocycles. The number of benzene rings is 2. The molecular weight excluding hydrogens is 380 g/mol. The standard InChI is InChI=1S/C24H24N2O4/c1-15-13-19(18-7-5-6-8-20(18)25-15)23(29)30-14-21(27)26-22(28)16-9-11-17(12-10-16)24(2,3)4/h5-13H,14H2,1-4H3,(H,26,27,28). The molecule has 0 spiro atoms. The first-order chi connectivity index (χ1) is 14.1. The van der Waals surface area contributed by atoms with Gasteiger partial charge >= 0.3 is 5.97 Å². The van der Waals surface area contributed by atoms with Crippen molar-refractivity contribution < 1.29 is 19.1 Å². The van der Waals surface area contributed by atoms with Crippen molar-refractivity contribution in [3.05, 3.63) is 77.0 Å². The van der Waals surface area contributed by atoms with Gasteiger partial charge in [-0.3, -0.25) is 19.9 Å². The van der Waals surface area contributed by atoms with Gasteiger partial charge < -0.3 is 4.74 Å². The number of pyridine rings is 1. The van der Waals surface area contributed by atoms with Crippen molar-refractivity contribution in [3.63, 3.8) is 0 Å². The average molecular weight is 404 g/mol. The quantitative estimate of drug-likeness (QED) is 0.666. The second-order valence-electron chi connectivity index (χ2n) is 8.11. The lowest BCUT2D eigenvalue weighted by Gasteiger charge is -2.19. The molecule has 3 rings (SSSR count). The van der Waals surface area contributed by atoms with Crippen LogP contribution in [0, 0.1) is 6.92 Å². The summed E-state index contributed by atoms with van der Waals surface area (Å²) in [4.78, 5) is 41.2. The smallest absolute Gasteiger partial charge is 0.339 e. The van der Waals surface area contributed by atoms with Crippen molar-refractivity contribution in [2.45, 2.75) is 33.1 Å². The van der Waals surface area contributed by atoms with E-state index in [1.807, 2.05) is 18.2 Å². The summed E-state index contributed by atoms with van der Waals surface area (Å²) in [6, 6.07) is 15.9. The van der Waals surface area contributed by atoms with Gasteiger partial charge in [-0.1, -0.05) is 51.1 Å². The van der Waals surface area contributed by atoms with E-state index < -0.39 is 24.4 Å². The minimum atomic E-state index is -0.691. The Kier molecular flexibility index (Phi) is 5.96. The molecular formula is C24H24N2O4. The Morgan fingerprint density at radius 2 is 1.67 bits per heavy atom. The number of imide groups is 1. The summed E-state index contributed by atoms with van der Waals surface area (Å²) >= 11 is 0. The molecule has 1 aromatic heterocycles. The molecule has 6 nitrogen and oxygen atoms in total. The Morgan fingerprint density at radius 1 is 1.00 bits per heavy atom. The van der Waals surface area contributed by atoms with E-state index >= 15 is 0 Å². The highest BCUT2D eigenvalue weighted by molar-refractivity contribution is 6.07. The Labute approximate surface area is 175 Å². The molecule has 1 heterocycles. The van der Waals surface area contributed by atoms with Crippen molar-refractivity contribution >= 4 is 28.7 Å². The monoisotopic (exact) mass is 404 g/mol. The minimum absolute atomic E-state index is 0.0332. The highest BCUT2D eigenvalue weighted by Gasteiger charge is 2.18. The number of hydrogen-bond acceptors (Lipinski definition) is 5. The highest BCUT2D eigenvalue weighted by atomic mass is 16.5. The maximum absolute atomic E-state index is 12.5. The van der Waals surface area contributed by atoms with E-state index in [2.05, 4.69) is 31.1 Å². The third-order valence-corrected chi connectivity index (χ3v) is 4.66. The van der Waals surface area contributed by atoms with Gasteiger partial charge in [-0.05, 0) is 42.2 Å². The van der Waals surface area contributed by atoms with Crippen molar-refractivity contribution in [2.24, 2.45) is 0 Å². The zero-order valence-electron chi connectivity index (χ0n) is 17.5. The van der Waals surface area contributed by atoms with Crippen LogP contribution in [0.4, 0.5) is 0 Å². The highest BCUT2D eigenvalue weighted by Crippen LogP contribution is 2.22. The van der Waals surface area contributed by atoms with E-state index in [-0.39, 0.29) is 5.41 Å². The molecule has 0 aliphatic heterocycles. The van der Waals surface area contributed by atoms with E-state index in [0.29, 0.717) is 27.7 Å². The summed E-state index contributed by atoms with van der Waals surface area (Å²) in [5.41, 5.74) is 3.07. The molecule has 30 heavy (non-hydrogen) atoms. The summed E-state index contributed by atoms with van der Waals surface area (Å²) < 4.78 is 5.12. The third-order valence-electron chi connectivity index (χ3n) is 4.66. The molecule has 1 N–H and O–H groups in total. The van der Waals surface area contributed by atoms with Gasteiger partial charge in [-0.15, -0.1) is 0 Å². The molecule has 0 aliphatic rings. The minimum Gasteiger partial charge on any atom is -0.452 e. The molecule has 0 atom stereocenters. The maximum Gasteiger partial charge on any atom is 0.339 e. The lowest BCUT2D eigenvalue weighted by atomic mass is 9.87. The molecule has 0 saturated heterocycles. The van der Waals surface area contributed by atoms with Gasteiger partial charge in [0.15, 0.2) is 6.61 Å². The topological polar surface area (TPSA) is 85.4 Å². The Morgan fingerprint density at radius 3 is 2.33 bits per heavy atom. The van der Waals surface area contributed by atoms with Gasteiger partial charge in [0.2, 0.25) is 0 Å². The number of fused-ring (bicyclic) bond motifs is 1. The number of carbonyl (C=O) groups is 3. The number of esters is 1. The first-order valence-electron chi connectivity index (χ1n) is 9.63. The molecule has 0 aliphatic carbocycles. The number of nitrogens with zero attached hydrogens (tertiary/aromatic N) is 1. The number of aromatic nitrogens is 1. The van der Waals surface area contributed by atoms with Crippen LogP contribution in [0.15, 0.2) is 54.6 Å². The lowest BCUT2D eigenvalue weighted by Crippen LogP contribution is -2.34. The molecule has 6 heteroatoms. The van der Waals surface area contributed by atoms with Crippen LogP contribution >= 0.6 is 0 Å². The van der Waals surface area contributed by atoms with Crippen LogP contribution in [0.5, 0.6) is 0 Å². The van der Waals surface area contributed by atoms with Gasteiger partial charge in [0.05, 0.1) is 11.1 Å². The Bertz CT molecular complexity index is 1110. The molecule has 2 amide bonds. The van der Waals surface area contributed by atoms with Crippen LogP contribution in [0.3, 0.4) is 0 Å². The van der Waals surface area contributed by atoms with Gasteiger partial charge in [0.25, 0.3) is 11.8 Å². The Hall–Kier alpha value is -3.54. The molecule has 0 saturated carbocycles. The summed E-state index contributed by atoms with van der Waals surface area (Å²) in [5.74, 6) is -1.88. The van der Waals surface area contributed by atoms with E-state index in [4.69, 9.17) is 4.74 Å². The third kappa shape index (κ3) is 4.89. The number of nitrogens with one attached hydrogen (secondary N) is 1. The van der Waals surface area contributed by atoms with Crippen LogP contribution in [0.2, 0.25) is 0 Å². The summed E-state index contributed by atoms with van der Waals surface area (Å²) in [7, 11) is 0. The van der Waals surface area contributed by atoms with E-state index in [9.17, 15) is 14.4 Å². The predicted molar refractivity (Wildman–Crippen MR) is 114 cm³/mol. The van der Waals surface area contributed by atoms with Gasteiger partial charge in [-0.2, -0.15) is 0 Å².